The molecule has 1 aliphatic rings. The monoisotopic (exact) mass is 276 g/mol. The quantitative estimate of drug-likeness (QED) is 0.848. The van der Waals surface area contributed by atoms with E-state index in [-0.39, 0.29) is 5.91 Å². The molecule has 0 radical (unpaired) electrons. The van der Waals surface area contributed by atoms with Crippen LogP contribution in [-0.4, -0.2) is 48.4 Å². The van der Waals surface area contributed by atoms with Crippen LogP contribution in [0.5, 0.6) is 0 Å². The summed E-state index contributed by atoms with van der Waals surface area (Å²) < 4.78 is 0. The van der Waals surface area contributed by atoms with Crippen LogP contribution in [0.25, 0.3) is 0 Å². The largest absolute Gasteiger partial charge is 0.366 e. The first-order valence-corrected chi connectivity index (χ1v) is 6.76. The van der Waals surface area contributed by atoms with Gasteiger partial charge in [0.15, 0.2) is 0 Å². The van der Waals surface area contributed by atoms with E-state index in [4.69, 9.17) is 5.73 Å². The second kappa shape index (κ2) is 5.90. The summed E-state index contributed by atoms with van der Waals surface area (Å²) in [4.78, 5) is 30.8. The van der Waals surface area contributed by atoms with Gasteiger partial charge in [0, 0.05) is 45.2 Å². The van der Waals surface area contributed by atoms with Crippen LogP contribution in [0.15, 0.2) is 18.3 Å². The Kier molecular flexibility index (Phi) is 4.22. The lowest BCUT2D eigenvalue weighted by molar-refractivity contribution is -0.127. The van der Waals surface area contributed by atoms with Gasteiger partial charge in [0.25, 0.3) is 0 Å². The van der Waals surface area contributed by atoms with E-state index in [9.17, 15) is 9.59 Å². The molecule has 0 aliphatic carbocycles. The molecule has 2 heterocycles. The predicted octanol–water partition coefficient (Wildman–Crippen LogP) is 0.485. The van der Waals surface area contributed by atoms with Crippen molar-refractivity contribution >= 4 is 17.6 Å². The molecule has 0 spiro atoms. The number of carbonyl (C=O) groups excluding carboxylic acids is 2. The molecule has 1 atom stereocenters. The zero-order chi connectivity index (χ0) is 14.7. The van der Waals surface area contributed by atoms with Crippen LogP contribution in [-0.2, 0) is 4.79 Å². The van der Waals surface area contributed by atoms with E-state index in [0.29, 0.717) is 17.9 Å². The first-order chi connectivity index (χ1) is 9.51. The van der Waals surface area contributed by atoms with Gasteiger partial charge in [-0.15, -0.1) is 0 Å². The molecule has 6 nitrogen and oxygen atoms in total. The molecule has 6 heteroatoms. The van der Waals surface area contributed by atoms with E-state index < -0.39 is 5.91 Å². The maximum absolute atomic E-state index is 11.7. The third-order valence-corrected chi connectivity index (χ3v) is 3.63. The third-order valence-electron chi connectivity index (χ3n) is 3.63. The minimum atomic E-state index is -0.480. The van der Waals surface area contributed by atoms with Crippen molar-refractivity contribution in [1.82, 2.24) is 9.88 Å². The molecule has 1 fully saturated rings. The number of aromatic nitrogens is 1. The van der Waals surface area contributed by atoms with Gasteiger partial charge in [0.05, 0.1) is 5.56 Å². The highest BCUT2D eigenvalue weighted by atomic mass is 16.2. The van der Waals surface area contributed by atoms with Crippen molar-refractivity contribution in [3.05, 3.63) is 23.9 Å². The summed E-state index contributed by atoms with van der Waals surface area (Å²) in [6.45, 7) is 4.34. The van der Waals surface area contributed by atoms with Gasteiger partial charge in [0.1, 0.15) is 5.82 Å². The summed E-state index contributed by atoms with van der Waals surface area (Å²) >= 11 is 0. The molecular weight excluding hydrogens is 256 g/mol. The molecule has 0 unspecified atom stereocenters. The predicted molar refractivity (Wildman–Crippen MR) is 76.4 cm³/mol. The van der Waals surface area contributed by atoms with Crippen molar-refractivity contribution in [2.45, 2.75) is 13.3 Å². The van der Waals surface area contributed by atoms with Crippen molar-refractivity contribution in [2.24, 2.45) is 11.7 Å². The highest BCUT2D eigenvalue weighted by Gasteiger charge is 2.29. The number of nitrogens with two attached hydrogens (primary N) is 1. The first kappa shape index (κ1) is 14.3. The number of pyridine rings is 1. The van der Waals surface area contributed by atoms with Gasteiger partial charge in [-0.25, -0.2) is 4.98 Å². The summed E-state index contributed by atoms with van der Waals surface area (Å²) in [6, 6.07) is 3.44. The Balaban J connectivity index is 1.96. The molecule has 1 aromatic heterocycles. The SMILES string of the molecule is CCN1C[C@H](CN(C)c2ccc(C(N)=O)cn2)CC1=O. The zero-order valence-electron chi connectivity index (χ0n) is 11.9. The van der Waals surface area contributed by atoms with Crippen LogP contribution in [0.2, 0.25) is 0 Å². The van der Waals surface area contributed by atoms with Gasteiger partial charge in [-0.2, -0.15) is 0 Å². The highest BCUT2D eigenvalue weighted by molar-refractivity contribution is 5.92. The van der Waals surface area contributed by atoms with Gasteiger partial charge >= 0.3 is 0 Å². The van der Waals surface area contributed by atoms with Crippen molar-refractivity contribution in [2.75, 3.05) is 31.6 Å². The first-order valence-electron chi connectivity index (χ1n) is 6.76. The van der Waals surface area contributed by atoms with E-state index in [1.807, 2.05) is 23.8 Å². The minimum absolute atomic E-state index is 0.225. The van der Waals surface area contributed by atoms with Crippen LogP contribution in [0.4, 0.5) is 5.82 Å². The Morgan fingerprint density at radius 2 is 2.30 bits per heavy atom. The lowest BCUT2D eigenvalue weighted by Crippen LogP contribution is -2.29. The van der Waals surface area contributed by atoms with Crippen molar-refractivity contribution < 1.29 is 9.59 Å². The number of anilines is 1. The number of rotatable bonds is 5. The second-order valence-electron chi connectivity index (χ2n) is 5.15. The van der Waals surface area contributed by atoms with Crippen molar-refractivity contribution in [1.29, 1.82) is 0 Å². The Hall–Kier alpha value is -2.11. The normalized spacial score (nSPS) is 18.4. The molecule has 2 N–H and O–H groups in total. The maximum Gasteiger partial charge on any atom is 0.250 e. The van der Waals surface area contributed by atoms with Crippen LogP contribution in [0.1, 0.15) is 23.7 Å². The van der Waals surface area contributed by atoms with Crippen LogP contribution >= 0.6 is 0 Å². The molecule has 1 aliphatic heterocycles. The van der Waals surface area contributed by atoms with Gasteiger partial charge in [-0.3, -0.25) is 9.59 Å². The smallest absolute Gasteiger partial charge is 0.250 e. The molecule has 1 saturated heterocycles. The Labute approximate surface area is 118 Å². The average Bonchev–Trinajstić information content (AvgIpc) is 2.78. The van der Waals surface area contributed by atoms with E-state index in [1.54, 1.807) is 12.1 Å². The van der Waals surface area contributed by atoms with Gasteiger partial charge in [0.2, 0.25) is 11.8 Å². The minimum Gasteiger partial charge on any atom is -0.366 e. The third kappa shape index (κ3) is 3.07. The standard InChI is InChI=1S/C14H20N4O2/c1-3-18-9-10(6-13(18)19)8-17(2)12-5-4-11(7-16-12)14(15)20/h4-5,7,10H,3,6,8-9H2,1-2H3,(H2,15,20)/t10-/m0/s1. The van der Waals surface area contributed by atoms with Crippen molar-refractivity contribution in [3.63, 3.8) is 0 Å². The van der Waals surface area contributed by atoms with Gasteiger partial charge < -0.3 is 15.5 Å². The van der Waals surface area contributed by atoms with E-state index in [2.05, 4.69) is 4.98 Å². The molecule has 0 bridgehead atoms. The summed E-state index contributed by atoms with van der Waals surface area (Å²) in [6.07, 6.45) is 2.07. The number of hydrogen-bond donors (Lipinski definition) is 1. The average molecular weight is 276 g/mol. The van der Waals surface area contributed by atoms with E-state index >= 15 is 0 Å². The highest BCUT2D eigenvalue weighted by Crippen LogP contribution is 2.20. The number of carbonyl (C=O) groups is 2. The number of nitrogens with zero attached hydrogens (tertiary/aromatic N) is 3. The Morgan fingerprint density at radius 3 is 2.80 bits per heavy atom. The molecule has 108 valence electrons. The summed E-state index contributed by atoms with van der Waals surface area (Å²) in [7, 11) is 1.94. The topological polar surface area (TPSA) is 79.5 Å². The lowest BCUT2D eigenvalue weighted by atomic mass is 10.1. The molecular formula is C14H20N4O2. The zero-order valence-corrected chi connectivity index (χ0v) is 11.9. The molecule has 20 heavy (non-hydrogen) atoms. The maximum atomic E-state index is 11.7. The number of amides is 2. The van der Waals surface area contributed by atoms with Crippen molar-refractivity contribution in [3.8, 4) is 0 Å². The van der Waals surface area contributed by atoms with Gasteiger partial charge in [-0.1, -0.05) is 0 Å². The van der Waals surface area contributed by atoms with Crippen LogP contribution in [0, 0.1) is 5.92 Å². The number of hydrogen-bond acceptors (Lipinski definition) is 4. The fourth-order valence-corrected chi connectivity index (χ4v) is 2.52. The summed E-state index contributed by atoms with van der Waals surface area (Å²) in [5, 5.41) is 0. The van der Waals surface area contributed by atoms with Gasteiger partial charge in [-0.05, 0) is 19.1 Å². The fourth-order valence-electron chi connectivity index (χ4n) is 2.52. The summed E-state index contributed by atoms with van der Waals surface area (Å²) in [5.41, 5.74) is 5.58. The van der Waals surface area contributed by atoms with E-state index in [0.717, 1.165) is 25.5 Å². The van der Waals surface area contributed by atoms with Crippen LogP contribution < -0.4 is 10.6 Å². The number of primary amides is 1. The van der Waals surface area contributed by atoms with Crippen LogP contribution in [0.3, 0.4) is 0 Å². The van der Waals surface area contributed by atoms with E-state index in [1.165, 1.54) is 6.20 Å². The molecule has 2 rings (SSSR count). The molecule has 0 aromatic carbocycles. The molecule has 0 saturated carbocycles. The summed E-state index contributed by atoms with van der Waals surface area (Å²) in [5.74, 6) is 0.845. The lowest BCUT2D eigenvalue weighted by Gasteiger charge is -2.22. The molecule has 2 amide bonds. The second-order valence-corrected chi connectivity index (χ2v) is 5.15. The molecule has 1 aromatic rings. The fraction of sp³-hybridized carbons (Fsp3) is 0.500. The number of likely N-dealkylation sites (tertiary alicyclic amines) is 1. The Bertz CT molecular complexity index is 500. The Morgan fingerprint density at radius 1 is 1.55 bits per heavy atom.